The van der Waals surface area contributed by atoms with Crippen molar-refractivity contribution in [2.75, 3.05) is 20.2 Å². The second-order valence-electron chi connectivity index (χ2n) is 3.57. The van der Waals surface area contributed by atoms with Crippen LogP contribution in [0.1, 0.15) is 12.1 Å². The van der Waals surface area contributed by atoms with E-state index in [0.29, 0.717) is 11.9 Å². The van der Waals surface area contributed by atoms with Crippen LogP contribution in [-0.4, -0.2) is 36.3 Å². The van der Waals surface area contributed by atoms with Gasteiger partial charge in [0.25, 0.3) is 0 Å². The molecule has 0 amide bonds. The van der Waals surface area contributed by atoms with Crippen molar-refractivity contribution in [2.24, 2.45) is 0 Å². The van der Waals surface area contributed by atoms with Gasteiger partial charge in [-0.3, -0.25) is 0 Å². The molecule has 0 aromatic carbocycles. The maximum atomic E-state index is 5.63. The Morgan fingerprint density at radius 3 is 3.00 bits per heavy atom. The third-order valence-electron chi connectivity index (χ3n) is 2.31. The first-order chi connectivity index (χ1) is 7.28. The molecule has 2 rings (SSSR count). The summed E-state index contributed by atoms with van der Waals surface area (Å²) in [5.74, 6) is 0.545. The molecule has 15 heavy (non-hydrogen) atoms. The summed E-state index contributed by atoms with van der Waals surface area (Å²) in [6, 6.07) is 2.18. The van der Waals surface area contributed by atoms with Crippen LogP contribution >= 0.6 is 0 Å². The maximum absolute atomic E-state index is 5.63. The lowest BCUT2D eigenvalue weighted by molar-refractivity contribution is 0.201. The van der Waals surface area contributed by atoms with Gasteiger partial charge >= 0.3 is 6.01 Å². The van der Waals surface area contributed by atoms with Gasteiger partial charge in [0.1, 0.15) is 6.10 Å². The number of methoxy groups -OCH3 is 1. The molecule has 1 unspecified atom stereocenters. The van der Waals surface area contributed by atoms with Crippen LogP contribution < -0.4 is 14.8 Å². The minimum atomic E-state index is 0.177. The van der Waals surface area contributed by atoms with Crippen LogP contribution in [0.15, 0.2) is 6.07 Å². The van der Waals surface area contributed by atoms with Crippen LogP contribution in [0, 0.1) is 6.92 Å². The van der Waals surface area contributed by atoms with Crippen molar-refractivity contribution in [1.82, 2.24) is 15.3 Å². The quantitative estimate of drug-likeness (QED) is 0.787. The number of aromatic nitrogens is 2. The van der Waals surface area contributed by atoms with E-state index in [0.717, 1.165) is 25.2 Å². The van der Waals surface area contributed by atoms with Crippen LogP contribution in [0.25, 0.3) is 0 Å². The highest BCUT2D eigenvalue weighted by Gasteiger charge is 2.17. The summed E-state index contributed by atoms with van der Waals surface area (Å²) >= 11 is 0. The SMILES string of the molecule is COc1cc(C)nc(OC2CCNC2)n1. The average Bonchev–Trinajstić information content (AvgIpc) is 2.69. The van der Waals surface area contributed by atoms with E-state index in [1.165, 1.54) is 0 Å². The largest absolute Gasteiger partial charge is 0.481 e. The molecule has 1 aromatic rings. The summed E-state index contributed by atoms with van der Waals surface area (Å²) in [5.41, 5.74) is 0.850. The third kappa shape index (κ3) is 2.56. The second kappa shape index (κ2) is 4.44. The predicted octanol–water partition coefficient (Wildman–Crippen LogP) is 0.534. The number of nitrogens with one attached hydrogen (secondary N) is 1. The fraction of sp³-hybridized carbons (Fsp3) is 0.600. The smallest absolute Gasteiger partial charge is 0.320 e. The van der Waals surface area contributed by atoms with Gasteiger partial charge < -0.3 is 14.8 Å². The van der Waals surface area contributed by atoms with Gasteiger partial charge in [-0.15, -0.1) is 0 Å². The van der Waals surface area contributed by atoms with Gasteiger partial charge in [0.15, 0.2) is 0 Å². The molecule has 0 spiro atoms. The minimum absolute atomic E-state index is 0.177. The average molecular weight is 209 g/mol. The van der Waals surface area contributed by atoms with E-state index in [2.05, 4.69) is 15.3 Å². The number of hydrogen-bond acceptors (Lipinski definition) is 5. The summed E-state index contributed by atoms with van der Waals surface area (Å²) in [7, 11) is 1.59. The van der Waals surface area contributed by atoms with Gasteiger partial charge in [0, 0.05) is 18.3 Å². The molecule has 5 nitrogen and oxygen atoms in total. The Morgan fingerprint density at radius 1 is 1.47 bits per heavy atom. The molecule has 0 aliphatic carbocycles. The van der Waals surface area contributed by atoms with Crippen molar-refractivity contribution in [3.05, 3.63) is 11.8 Å². The number of hydrogen-bond donors (Lipinski definition) is 1. The van der Waals surface area contributed by atoms with E-state index in [1.807, 2.05) is 6.92 Å². The van der Waals surface area contributed by atoms with Gasteiger partial charge in [0.2, 0.25) is 5.88 Å². The van der Waals surface area contributed by atoms with Crippen LogP contribution in [0.3, 0.4) is 0 Å². The summed E-state index contributed by atoms with van der Waals surface area (Å²) in [5, 5.41) is 3.22. The molecule has 1 aliphatic heterocycles. The van der Waals surface area contributed by atoms with E-state index in [1.54, 1.807) is 13.2 Å². The van der Waals surface area contributed by atoms with E-state index >= 15 is 0 Å². The van der Waals surface area contributed by atoms with Gasteiger partial charge in [0.05, 0.1) is 7.11 Å². The van der Waals surface area contributed by atoms with Crippen LogP contribution in [0.4, 0.5) is 0 Å². The van der Waals surface area contributed by atoms with Crippen molar-refractivity contribution < 1.29 is 9.47 Å². The molecule has 1 atom stereocenters. The lowest BCUT2D eigenvalue weighted by Crippen LogP contribution is -2.20. The van der Waals surface area contributed by atoms with Crippen LogP contribution in [0.5, 0.6) is 11.9 Å². The minimum Gasteiger partial charge on any atom is -0.481 e. The van der Waals surface area contributed by atoms with E-state index in [9.17, 15) is 0 Å². The number of nitrogens with zero attached hydrogens (tertiary/aromatic N) is 2. The van der Waals surface area contributed by atoms with Crippen LogP contribution in [-0.2, 0) is 0 Å². The topological polar surface area (TPSA) is 56.3 Å². The first-order valence-corrected chi connectivity index (χ1v) is 5.05. The van der Waals surface area contributed by atoms with Gasteiger partial charge in [-0.05, 0) is 19.9 Å². The predicted molar refractivity (Wildman–Crippen MR) is 55.2 cm³/mol. The highest BCUT2D eigenvalue weighted by atomic mass is 16.5. The Balaban J connectivity index is 2.09. The molecular weight excluding hydrogens is 194 g/mol. The fourth-order valence-electron chi connectivity index (χ4n) is 1.55. The molecule has 0 radical (unpaired) electrons. The number of rotatable bonds is 3. The van der Waals surface area contributed by atoms with Crippen molar-refractivity contribution in [2.45, 2.75) is 19.4 Å². The summed E-state index contributed by atoms with van der Waals surface area (Å²) in [6.07, 6.45) is 1.18. The zero-order chi connectivity index (χ0) is 10.7. The van der Waals surface area contributed by atoms with Crippen molar-refractivity contribution in [3.8, 4) is 11.9 Å². The Hall–Kier alpha value is -1.36. The van der Waals surface area contributed by atoms with E-state index in [4.69, 9.17) is 9.47 Å². The molecular formula is C10H15N3O2. The first kappa shape index (κ1) is 10.2. The van der Waals surface area contributed by atoms with Crippen molar-refractivity contribution >= 4 is 0 Å². The Morgan fingerprint density at radius 2 is 2.33 bits per heavy atom. The Kier molecular flexibility index (Phi) is 3.01. The monoisotopic (exact) mass is 209 g/mol. The van der Waals surface area contributed by atoms with Gasteiger partial charge in [-0.1, -0.05) is 0 Å². The molecule has 2 heterocycles. The highest BCUT2D eigenvalue weighted by Crippen LogP contribution is 2.15. The molecule has 1 fully saturated rings. The zero-order valence-electron chi connectivity index (χ0n) is 8.99. The summed E-state index contributed by atoms with van der Waals surface area (Å²) < 4.78 is 10.7. The molecule has 0 saturated carbocycles. The number of ether oxygens (including phenoxy) is 2. The second-order valence-corrected chi connectivity index (χ2v) is 3.57. The molecule has 1 aliphatic rings. The van der Waals surface area contributed by atoms with Crippen LogP contribution in [0.2, 0.25) is 0 Å². The molecule has 1 N–H and O–H groups in total. The van der Waals surface area contributed by atoms with Crippen molar-refractivity contribution in [1.29, 1.82) is 0 Å². The molecule has 82 valence electrons. The molecule has 1 saturated heterocycles. The molecule has 5 heteroatoms. The fourth-order valence-corrected chi connectivity index (χ4v) is 1.55. The van der Waals surface area contributed by atoms with E-state index in [-0.39, 0.29) is 6.10 Å². The highest BCUT2D eigenvalue weighted by molar-refractivity contribution is 5.17. The molecule has 1 aromatic heterocycles. The lowest BCUT2D eigenvalue weighted by atomic mass is 10.3. The zero-order valence-corrected chi connectivity index (χ0v) is 8.99. The van der Waals surface area contributed by atoms with Gasteiger partial charge in [-0.25, -0.2) is 4.98 Å². The van der Waals surface area contributed by atoms with Gasteiger partial charge in [-0.2, -0.15) is 4.98 Å². The molecule has 0 bridgehead atoms. The van der Waals surface area contributed by atoms with E-state index < -0.39 is 0 Å². The number of aryl methyl sites for hydroxylation is 1. The summed E-state index contributed by atoms with van der Waals surface area (Å²) in [4.78, 5) is 8.34. The Labute approximate surface area is 88.8 Å². The lowest BCUT2D eigenvalue weighted by Gasteiger charge is -2.11. The van der Waals surface area contributed by atoms with Crippen molar-refractivity contribution in [3.63, 3.8) is 0 Å². The normalized spacial score (nSPS) is 20.3. The Bertz CT molecular complexity index is 337. The summed E-state index contributed by atoms with van der Waals surface area (Å²) in [6.45, 7) is 3.75. The first-order valence-electron chi connectivity index (χ1n) is 5.05. The maximum Gasteiger partial charge on any atom is 0.320 e. The standard InChI is InChI=1S/C10H15N3O2/c1-7-5-9(14-2)13-10(12-7)15-8-3-4-11-6-8/h5,8,11H,3-4,6H2,1-2H3. The third-order valence-corrected chi connectivity index (χ3v) is 2.31.